The number of rotatable bonds is 4. The Balaban J connectivity index is 2.65. The second-order valence-electron chi connectivity index (χ2n) is 5.78. The van der Waals surface area contributed by atoms with Crippen molar-refractivity contribution < 1.29 is 5.21 Å². The normalized spacial score (nSPS) is 31.2. The van der Waals surface area contributed by atoms with E-state index in [4.69, 9.17) is 10.9 Å². The Morgan fingerprint density at radius 2 is 2.00 bits per heavy atom. The molecule has 0 radical (unpaired) electrons. The summed E-state index contributed by atoms with van der Waals surface area (Å²) < 4.78 is 0. The van der Waals surface area contributed by atoms with Crippen LogP contribution in [0.25, 0.3) is 0 Å². The highest BCUT2D eigenvalue weighted by molar-refractivity contribution is 5.81. The molecule has 100 valence electrons. The third-order valence-corrected chi connectivity index (χ3v) is 4.18. The van der Waals surface area contributed by atoms with Crippen LogP contribution in [0.2, 0.25) is 0 Å². The molecule has 0 amide bonds. The summed E-state index contributed by atoms with van der Waals surface area (Å²) in [6.07, 6.45) is 3.73. The maximum Gasteiger partial charge on any atom is 0.153 e. The third kappa shape index (κ3) is 3.87. The van der Waals surface area contributed by atoms with Crippen LogP contribution in [0.1, 0.15) is 47.0 Å². The fourth-order valence-corrected chi connectivity index (χ4v) is 2.77. The van der Waals surface area contributed by atoms with Crippen molar-refractivity contribution in [1.29, 1.82) is 0 Å². The van der Waals surface area contributed by atoms with E-state index in [0.29, 0.717) is 24.5 Å². The van der Waals surface area contributed by atoms with Crippen molar-refractivity contribution in [1.82, 2.24) is 4.90 Å². The molecule has 0 aliphatic heterocycles. The lowest BCUT2D eigenvalue weighted by atomic mass is 9.78. The Labute approximate surface area is 105 Å². The Hall–Kier alpha value is -0.770. The van der Waals surface area contributed by atoms with E-state index in [1.165, 1.54) is 19.3 Å². The van der Waals surface area contributed by atoms with Crippen molar-refractivity contribution in [2.75, 3.05) is 6.54 Å². The lowest BCUT2D eigenvalue weighted by molar-refractivity contribution is 0.0969. The van der Waals surface area contributed by atoms with Crippen LogP contribution in [0.3, 0.4) is 0 Å². The molecule has 0 spiro atoms. The summed E-state index contributed by atoms with van der Waals surface area (Å²) in [6.45, 7) is 9.59. The average molecular weight is 241 g/mol. The van der Waals surface area contributed by atoms with Gasteiger partial charge in [0.05, 0.1) is 6.54 Å². The predicted octanol–water partition coefficient (Wildman–Crippen LogP) is 2.27. The summed E-state index contributed by atoms with van der Waals surface area (Å²) in [5.74, 6) is 1.90. The van der Waals surface area contributed by atoms with E-state index in [2.05, 4.69) is 37.8 Å². The van der Waals surface area contributed by atoms with Crippen LogP contribution in [-0.4, -0.2) is 34.6 Å². The monoisotopic (exact) mass is 241 g/mol. The number of hydrogen-bond donors (Lipinski definition) is 2. The van der Waals surface area contributed by atoms with Crippen LogP contribution < -0.4 is 5.73 Å². The van der Waals surface area contributed by atoms with Gasteiger partial charge in [-0.2, -0.15) is 0 Å². The Morgan fingerprint density at radius 3 is 2.47 bits per heavy atom. The lowest BCUT2D eigenvalue weighted by Crippen LogP contribution is -2.47. The third-order valence-electron chi connectivity index (χ3n) is 4.18. The minimum absolute atomic E-state index is 0.310. The molecule has 3 atom stereocenters. The van der Waals surface area contributed by atoms with Crippen LogP contribution in [0.5, 0.6) is 0 Å². The summed E-state index contributed by atoms with van der Waals surface area (Å²) in [6, 6.07) is 1.00. The average Bonchev–Trinajstić information content (AvgIpc) is 2.29. The van der Waals surface area contributed by atoms with E-state index in [1.807, 2.05) is 0 Å². The maximum absolute atomic E-state index is 8.69. The topological polar surface area (TPSA) is 61.8 Å². The largest absolute Gasteiger partial charge is 0.409 e. The van der Waals surface area contributed by atoms with Crippen molar-refractivity contribution in [2.45, 2.75) is 59.0 Å². The van der Waals surface area contributed by atoms with Crippen molar-refractivity contribution in [3.63, 3.8) is 0 Å². The molecule has 0 aromatic heterocycles. The highest BCUT2D eigenvalue weighted by atomic mass is 16.4. The van der Waals surface area contributed by atoms with E-state index >= 15 is 0 Å². The number of hydrogen-bond acceptors (Lipinski definition) is 3. The molecule has 0 heterocycles. The van der Waals surface area contributed by atoms with Gasteiger partial charge in [0.15, 0.2) is 5.84 Å². The highest BCUT2D eigenvalue weighted by Crippen LogP contribution is 2.32. The number of oxime groups is 1. The summed E-state index contributed by atoms with van der Waals surface area (Å²) in [4.78, 5) is 2.36. The SMILES string of the molecule is CC1CCC(N(C/C(N)=N/O)C(C)C)CC1C. The van der Waals surface area contributed by atoms with Gasteiger partial charge in [0.1, 0.15) is 0 Å². The van der Waals surface area contributed by atoms with Crippen molar-refractivity contribution >= 4 is 5.84 Å². The minimum Gasteiger partial charge on any atom is -0.409 e. The molecule has 0 saturated heterocycles. The van der Waals surface area contributed by atoms with E-state index < -0.39 is 0 Å². The van der Waals surface area contributed by atoms with Gasteiger partial charge in [-0.1, -0.05) is 19.0 Å². The van der Waals surface area contributed by atoms with Gasteiger partial charge in [-0.3, -0.25) is 4.90 Å². The molecule has 3 unspecified atom stereocenters. The second kappa shape index (κ2) is 6.24. The first-order chi connectivity index (χ1) is 7.95. The van der Waals surface area contributed by atoms with Gasteiger partial charge in [0.25, 0.3) is 0 Å². The molecule has 1 saturated carbocycles. The molecule has 4 nitrogen and oxygen atoms in total. The smallest absolute Gasteiger partial charge is 0.153 e. The first kappa shape index (κ1) is 14.3. The van der Waals surface area contributed by atoms with Crippen LogP contribution in [0, 0.1) is 11.8 Å². The molecule has 1 fully saturated rings. The molecular weight excluding hydrogens is 214 g/mol. The van der Waals surface area contributed by atoms with E-state index in [-0.39, 0.29) is 0 Å². The van der Waals surface area contributed by atoms with Crippen molar-refractivity contribution in [3.8, 4) is 0 Å². The van der Waals surface area contributed by atoms with Gasteiger partial charge in [0, 0.05) is 12.1 Å². The highest BCUT2D eigenvalue weighted by Gasteiger charge is 2.30. The number of nitrogens with two attached hydrogens (primary N) is 1. The van der Waals surface area contributed by atoms with Gasteiger partial charge in [-0.15, -0.1) is 0 Å². The Kier molecular flexibility index (Phi) is 5.25. The fraction of sp³-hybridized carbons (Fsp3) is 0.923. The zero-order chi connectivity index (χ0) is 13.0. The first-order valence-corrected chi connectivity index (χ1v) is 6.67. The van der Waals surface area contributed by atoms with Gasteiger partial charge in [0.2, 0.25) is 0 Å². The molecule has 0 aromatic carbocycles. The van der Waals surface area contributed by atoms with Gasteiger partial charge >= 0.3 is 0 Å². The number of nitrogens with zero attached hydrogens (tertiary/aromatic N) is 2. The van der Waals surface area contributed by atoms with Gasteiger partial charge in [-0.05, 0) is 44.9 Å². The predicted molar refractivity (Wildman–Crippen MR) is 71.2 cm³/mol. The first-order valence-electron chi connectivity index (χ1n) is 6.67. The number of amidine groups is 1. The molecule has 3 N–H and O–H groups in total. The van der Waals surface area contributed by atoms with Gasteiger partial charge < -0.3 is 10.9 Å². The van der Waals surface area contributed by atoms with Crippen LogP contribution >= 0.6 is 0 Å². The Bertz CT molecular complexity index is 265. The van der Waals surface area contributed by atoms with Crippen LogP contribution in [0.15, 0.2) is 5.16 Å². The second-order valence-corrected chi connectivity index (χ2v) is 5.78. The maximum atomic E-state index is 8.69. The van der Waals surface area contributed by atoms with Crippen molar-refractivity contribution in [3.05, 3.63) is 0 Å². The molecule has 17 heavy (non-hydrogen) atoms. The molecule has 1 aliphatic rings. The summed E-state index contributed by atoms with van der Waals surface area (Å²) >= 11 is 0. The zero-order valence-electron chi connectivity index (χ0n) is 11.6. The Morgan fingerprint density at radius 1 is 1.35 bits per heavy atom. The van der Waals surface area contributed by atoms with Crippen molar-refractivity contribution in [2.24, 2.45) is 22.7 Å². The molecule has 1 rings (SSSR count). The molecular formula is C13H27N3O. The summed E-state index contributed by atoms with van der Waals surface area (Å²) in [5, 5.41) is 11.8. The van der Waals surface area contributed by atoms with Crippen LogP contribution in [-0.2, 0) is 0 Å². The fourth-order valence-electron chi connectivity index (χ4n) is 2.77. The molecule has 4 heteroatoms. The lowest BCUT2D eigenvalue weighted by Gasteiger charge is -2.41. The summed E-state index contributed by atoms with van der Waals surface area (Å²) in [7, 11) is 0. The van der Waals surface area contributed by atoms with Gasteiger partial charge in [-0.25, -0.2) is 0 Å². The molecule has 0 bridgehead atoms. The molecule has 0 aromatic rings. The van der Waals surface area contributed by atoms with E-state index in [1.54, 1.807) is 0 Å². The van der Waals surface area contributed by atoms with E-state index in [9.17, 15) is 0 Å². The van der Waals surface area contributed by atoms with E-state index in [0.717, 1.165) is 11.8 Å². The van der Waals surface area contributed by atoms with Crippen LogP contribution in [0.4, 0.5) is 0 Å². The minimum atomic E-state index is 0.310. The zero-order valence-corrected chi connectivity index (χ0v) is 11.6. The quantitative estimate of drug-likeness (QED) is 0.343. The summed E-state index contributed by atoms with van der Waals surface area (Å²) in [5.41, 5.74) is 5.64. The standard InChI is InChI=1S/C13H27N3O/c1-9(2)16(8-13(14)15-17)12-6-5-10(3)11(4)7-12/h9-12,17H,5-8H2,1-4H3,(H2,14,15). The molecule has 1 aliphatic carbocycles.